The molecule has 3 aromatic carbocycles. The van der Waals surface area contributed by atoms with E-state index in [0.29, 0.717) is 5.69 Å². The molecule has 35 heavy (non-hydrogen) atoms. The topological polar surface area (TPSA) is 139 Å². The van der Waals surface area contributed by atoms with E-state index >= 15 is 0 Å². The van der Waals surface area contributed by atoms with Gasteiger partial charge in [-0.25, -0.2) is 5.43 Å². The summed E-state index contributed by atoms with van der Waals surface area (Å²) in [6.45, 7) is 2.01. The summed E-state index contributed by atoms with van der Waals surface area (Å²) in [5, 5.41) is 21.3. The second-order valence-electron chi connectivity index (χ2n) is 7.37. The number of non-ortho nitro benzene ring substituents is 1. The molecule has 0 aliphatic rings. The smallest absolute Gasteiger partial charge is 0.269 e. The van der Waals surface area contributed by atoms with E-state index in [1.165, 1.54) is 12.1 Å². The lowest BCUT2D eigenvalue weighted by Crippen LogP contribution is -2.07. The van der Waals surface area contributed by atoms with Crippen molar-refractivity contribution >= 4 is 41.1 Å². The Morgan fingerprint density at radius 2 is 1.37 bits per heavy atom. The lowest BCUT2D eigenvalue weighted by molar-refractivity contribution is -0.384. The molecule has 4 aromatic rings. The Kier molecular flexibility index (Phi) is 7.07. The molecule has 1 aromatic heterocycles. The van der Waals surface area contributed by atoms with Crippen LogP contribution >= 0.6 is 0 Å². The summed E-state index contributed by atoms with van der Waals surface area (Å²) < 4.78 is 5.19. The molecule has 0 aliphatic heterocycles. The third-order valence-electron chi connectivity index (χ3n) is 4.77. The molecule has 0 saturated heterocycles. The fourth-order valence-corrected chi connectivity index (χ4v) is 2.95. The Balaban J connectivity index is 1.57. The first-order chi connectivity index (χ1) is 17.0. The van der Waals surface area contributed by atoms with Gasteiger partial charge < -0.3 is 15.4 Å². The zero-order chi connectivity index (χ0) is 24.6. The highest BCUT2D eigenvalue weighted by Gasteiger charge is 2.09. The summed E-state index contributed by atoms with van der Waals surface area (Å²) >= 11 is 0. The molecular weight excluding hydrogens is 448 g/mol. The maximum absolute atomic E-state index is 10.9. The third-order valence-corrected chi connectivity index (χ3v) is 4.77. The molecule has 0 saturated carbocycles. The highest BCUT2D eigenvalue weighted by Crippen LogP contribution is 2.22. The summed E-state index contributed by atoms with van der Waals surface area (Å²) in [5.41, 5.74) is 6.20. The molecule has 0 amide bonds. The van der Waals surface area contributed by atoms with Crippen LogP contribution in [0.2, 0.25) is 0 Å². The van der Waals surface area contributed by atoms with E-state index < -0.39 is 4.92 Å². The first kappa shape index (κ1) is 23.1. The first-order valence-electron chi connectivity index (χ1n) is 10.5. The quantitative estimate of drug-likeness (QED) is 0.174. The number of benzene rings is 3. The Morgan fingerprint density at radius 3 is 1.91 bits per heavy atom. The molecule has 11 nitrogen and oxygen atoms in total. The van der Waals surface area contributed by atoms with Crippen molar-refractivity contribution in [3.63, 3.8) is 0 Å². The Hall–Kier alpha value is -5.06. The van der Waals surface area contributed by atoms with Crippen LogP contribution in [0.15, 0.2) is 77.9 Å². The Labute approximate surface area is 201 Å². The number of nitro groups is 1. The number of hydrazone groups is 1. The maximum Gasteiger partial charge on any atom is 0.269 e. The molecule has 0 bridgehead atoms. The van der Waals surface area contributed by atoms with Crippen molar-refractivity contribution in [1.82, 2.24) is 15.0 Å². The van der Waals surface area contributed by atoms with Crippen LogP contribution in [-0.2, 0) is 0 Å². The van der Waals surface area contributed by atoms with Gasteiger partial charge in [-0.05, 0) is 48.9 Å². The van der Waals surface area contributed by atoms with Crippen molar-refractivity contribution in [3.05, 3.63) is 94.0 Å². The monoisotopic (exact) mass is 470 g/mol. The third kappa shape index (κ3) is 6.48. The van der Waals surface area contributed by atoms with E-state index in [2.05, 4.69) is 36.1 Å². The fraction of sp³-hybridized carbons (Fsp3) is 0.0833. The summed E-state index contributed by atoms with van der Waals surface area (Å²) in [4.78, 5) is 23.6. The number of hydrogen-bond acceptors (Lipinski definition) is 10. The van der Waals surface area contributed by atoms with E-state index in [1.807, 2.05) is 55.5 Å². The number of nitrogens with one attached hydrogen (secondary N) is 3. The van der Waals surface area contributed by atoms with Gasteiger partial charge in [0.1, 0.15) is 5.75 Å². The molecule has 0 radical (unpaired) electrons. The van der Waals surface area contributed by atoms with E-state index in [1.54, 1.807) is 25.5 Å². The molecule has 1 heterocycles. The van der Waals surface area contributed by atoms with Crippen LogP contribution in [0.5, 0.6) is 5.75 Å². The van der Waals surface area contributed by atoms with Crippen LogP contribution in [0.3, 0.4) is 0 Å². The van der Waals surface area contributed by atoms with Gasteiger partial charge in [0.2, 0.25) is 17.8 Å². The van der Waals surface area contributed by atoms with Crippen molar-refractivity contribution in [2.24, 2.45) is 5.10 Å². The molecule has 0 fully saturated rings. The van der Waals surface area contributed by atoms with Crippen molar-refractivity contribution in [1.29, 1.82) is 0 Å². The Bertz CT molecular complexity index is 1320. The lowest BCUT2D eigenvalue weighted by Gasteiger charge is -2.10. The van der Waals surface area contributed by atoms with Gasteiger partial charge in [0.15, 0.2) is 0 Å². The number of methoxy groups -OCH3 is 1. The van der Waals surface area contributed by atoms with Crippen LogP contribution in [0.25, 0.3) is 0 Å². The molecule has 0 atom stereocenters. The average molecular weight is 470 g/mol. The number of aryl methyl sites for hydroxylation is 1. The second-order valence-corrected chi connectivity index (χ2v) is 7.37. The highest BCUT2D eigenvalue weighted by atomic mass is 16.6. The fourth-order valence-electron chi connectivity index (χ4n) is 2.95. The minimum absolute atomic E-state index is 0.0131. The van der Waals surface area contributed by atoms with E-state index in [4.69, 9.17) is 4.74 Å². The van der Waals surface area contributed by atoms with Crippen LogP contribution in [-0.4, -0.2) is 33.2 Å². The normalized spacial score (nSPS) is 10.7. The lowest BCUT2D eigenvalue weighted by atomic mass is 10.2. The molecule has 11 heteroatoms. The number of rotatable bonds is 9. The summed E-state index contributed by atoms with van der Waals surface area (Å²) in [6, 6.07) is 21.1. The second kappa shape index (κ2) is 10.7. The summed E-state index contributed by atoms with van der Waals surface area (Å²) in [7, 11) is 1.60. The van der Waals surface area contributed by atoms with Gasteiger partial charge in [0, 0.05) is 23.5 Å². The molecule has 0 spiro atoms. The number of ether oxygens (including phenoxy) is 1. The van der Waals surface area contributed by atoms with E-state index in [-0.39, 0.29) is 23.5 Å². The molecule has 0 unspecified atom stereocenters. The van der Waals surface area contributed by atoms with Gasteiger partial charge in [-0.15, -0.1) is 0 Å². The number of aromatic nitrogens is 3. The SMILES string of the molecule is COc1ccc(Nc2nc(N/N=C\c3ccc(C)cc3)nc(Nc3ccc([N+](=O)[O-])cc3)n2)cc1. The number of nitro benzene ring substituents is 1. The van der Waals surface area contributed by atoms with Crippen molar-refractivity contribution in [2.75, 3.05) is 23.2 Å². The molecule has 3 N–H and O–H groups in total. The van der Waals surface area contributed by atoms with Crippen molar-refractivity contribution in [3.8, 4) is 5.75 Å². The van der Waals surface area contributed by atoms with Crippen LogP contribution in [0.1, 0.15) is 11.1 Å². The largest absolute Gasteiger partial charge is 0.497 e. The summed E-state index contributed by atoms with van der Waals surface area (Å²) in [6.07, 6.45) is 1.66. The van der Waals surface area contributed by atoms with Gasteiger partial charge in [-0.2, -0.15) is 20.1 Å². The van der Waals surface area contributed by atoms with E-state index in [9.17, 15) is 10.1 Å². The number of hydrogen-bond donors (Lipinski definition) is 3. The zero-order valence-corrected chi connectivity index (χ0v) is 19.0. The van der Waals surface area contributed by atoms with Crippen LogP contribution in [0, 0.1) is 17.0 Å². The zero-order valence-electron chi connectivity index (χ0n) is 19.0. The van der Waals surface area contributed by atoms with E-state index in [0.717, 1.165) is 22.6 Å². The predicted octanol–water partition coefficient (Wildman–Crippen LogP) is 5.03. The van der Waals surface area contributed by atoms with Crippen LogP contribution in [0.4, 0.5) is 34.9 Å². The van der Waals surface area contributed by atoms with Crippen molar-refractivity contribution < 1.29 is 9.66 Å². The van der Waals surface area contributed by atoms with Gasteiger partial charge in [0.05, 0.1) is 18.2 Å². The standard InChI is InChI=1S/C24H22N8O3/c1-16-3-5-17(6-4-16)15-25-31-24-29-22(26-18-7-11-20(12-8-18)32(33)34)28-23(30-24)27-19-9-13-21(35-2)14-10-19/h3-15H,1-2H3,(H3,26,27,28,29,30,31)/b25-15-. The Morgan fingerprint density at radius 1 is 0.829 bits per heavy atom. The maximum atomic E-state index is 10.9. The minimum Gasteiger partial charge on any atom is -0.497 e. The van der Waals surface area contributed by atoms with Gasteiger partial charge in [-0.1, -0.05) is 29.8 Å². The average Bonchev–Trinajstić information content (AvgIpc) is 2.86. The first-order valence-corrected chi connectivity index (χ1v) is 10.5. The molecule has 0 aliphatic carbocycles. The van der Waals surface area contributed by atoms with Gasteiger partial charge in [-0.3, -0.25) is 10.1 Å². The molecule has 4 rings (SSSR count). The van der Waals surface area contributed by atoms with Crippen molar-refractivity contribution in [2.45, 2.75) is 6.92 Å². The van der Waals surface area contributed by atoms with Gasteiger partial charge in [0.25, 0.3) is 5.69 Å². The number of nitrogens with zero attached hydrogens (tertiary/aromatic N) is 5. The predicted molar refractivity (Wildman–Crippen MR) is 135 cm³/mol. The number of anilines is 5. The van der Waals surface area contributed by atoms with Crippen LogP contribution < -0.4 is 20.8 Å². The van der Waals surface area contributed by atoms with Gasteiger partial charge >= 0.3 is 0 Å². The molecule has 176 valence electrons. The summed E-state index contributed by atoms with van der Waals surface area (Å²) in [5.74, 6) is 1.41. The molecular formula is C24H22N8O3. The minimum atomic E-state index is -0.461. The highest BCUT2D eigenvalue weighted by molar-refractivity contribution is 5.80.